The summed E-state index contributed by atoms with van der Waals surface area (Å²) in [5.74, 6) is 0. The lowest BCUT2D eigenvalue weighted by molar-refractivity contribution is 0.126. The van der Waals surface area contributed by atoms with E-state index < -0.39 is 15.2 Å². The van der Waals surface area contributed by atoms with Gasteiger partial charge in [-0.05, 0) is 38.8 Å². The van der Waals surface area contributed by atoms with Gasteiger partial charge in [0, 0.05) is 27.6 Å². The maximum atomic E-state index is 6.35. The van der Waals surface area contributed by atoms with Crippen LogP contribution < -0.4 is 0 Å². The van der Waals surface area contributed by atoms with Crippen LogP contribution in [0.15, 0.2) is 0 Å². The van der Waals surface area contributed by atoms with Gasteiger partial charge in [-0.3, -0.25) is 4.67 Å². The van der Waals surface area contributed by atoms with Gasteiger partial charge in [0.25, 0.3) is 0 Å². The number of hydrogen-bond donors (Lipinski definition) is 0. The van der Waals surface area contributed by atoms with Gasteiger partial charge in [0.05, 0.1) is 13.2 Å². The second-order valence-corrected chi connectivity index (χ2v) is 17.7. The number of unbranched alkanes of at least 4 members (excludes halogenated alkanes) is 19. The Bertz CT molecular complexity index is 531. The fourth-order valence-electron chi connectivity index (χ4n) is 5.22. The molecular weight excluding hydrogens is 516 g/mol. The summed E-state index contributed by atoms with van der Waals surface area (Å²) in [5, 5.41) is 0. The monoisotopic (exact) mass is 590 g/mol. The average molecular weight is 590 g/mol. The first-order valence-corrected chi connectivity index (χ1v) is 21.8. The van der Waals surface area contributed by atoms with E-state index in [1.165, 1.54) is 141 Å². The van der Waals surface area contributed by atoms with E-state index in [2.05, 4.69) is 38.8 Å². The van der Waals surface area contributed by atoms with Gasteiger partial charge in [-0.25, -0.2) is 0 Å². The van der Waals surface area contributed by atoms with Crippen molar-refractivity contribution in [2.75, 3.05) is 52.1 Å². The molecule has 0 N–H and O–H groups in total. The Labute approximate surface area is 249 Å². The second-order valence-electron chi connectivity index (χ2n) is 12.2. The van der Waals surface area contributed by atoms with Gasteiger partial charge in [-0.15, -0.1) is 0 Å². The molecule has 2 atom stereocenters. The van der Waals surface area contributed by atoms with Crippen LogP contribution in [0.4, 0.5) is 0 Å². The van der Waals surface area contributed by atoms with Crippen molar-refractivity contribution >= 4 is 21.5 Å². The lowest BCUT2D eigenvalue weighted by Gasteiger charge is -2.36. The molecule has 39 heavy (non-hydrogen) atoms. The minimum absolute atomic E-state index is 0.421. The molecule has 0 radical (unpaired) electrons. The Hall–Kier alpha value is 0.610. The van der Waals surface area contributed by atoms with Crippen LogP contribution in [0.3, 0.4) is 0 Å². The van der Waals surface area contributed by atoms with Crippen LogP contribution in [0.5, 0.6) is 0 Å². The molecule has 0 bridgehead atoms. The fourth-order valence-corrected chi connectivity index (χ4v) is 9.85. The van der Waals surface area contributed by atoms with Crippen LogP contribution in [0.2, 0.25) is 0 Å². The average Bonchev–Trinajstić information content (AvgIpc) is 2.92. The van der Waals surface area contributed by atoms with Gasteiger partial charge in [0.2, 0.25) is 0 Å². The third kappa shape index (κ3) is 27.2. The standard InChI is InChI=1S/C34H73NO2P2/c1-7-10-12-14-16-18-20-22-24-26-28-33-39(5,6)35(29-32-36-30-9-3)34-38(4)37-31-27-25-23-21-19-17-15-13-11-8-2/h5,7-34H2,1-4,6H3. The molecule has 0 saturated heterocycles. The van der Waals surface area contributed by atoms with Crippen molar-refractivity contribution < 1.29 is 9.26 Å². The molecule has 0 aromatic rings. The number of ether oxygens (including phenoxy) is 1. The van der Waals surface area contributed by atoms with Gasteiger partial charge in [-0.2, -0.15) is 0 Å². The zero-order valence-corrected chi connectivity index (χ0v) is 29.5. The minimum Gasteiger partial charge on any atom is -0.380 e. The van der Waals surface area contributed by atoms with E-state index in [0.717, 1.165) is 39.1 Å². The summed E-state index contributed by atoms with van der Waals surface area (Å²) in [4.78, 5) is 0. The number of rotatable bonds is 32. The summed E-state index contributed by atoms with van der Waals surface area (Å²) in [7, 11) is -1.78. The first kappa shape index (κ1) is 39.6. The molecule has 0 aromatic heterocycles. The van der Waals surface area contributed by atoms with Crippen LogP contribution in [0.1, 0.15) is 162 Å². The molecule has 236 valence electrons. The first-order chi connectivity index (χ1) is 19.0. The lowest BCUT2D eigenvalue weighted by Crippen LogP contribution is -2.27. The van der Waals surface area contributed by atoms with Crippen molar-refractivity contribution in [2.24, 2.45) is 0 Å². The lowest BCUT2D eigenvalue weighted by atomic mass is 10.1. The SMILES string of the molecule is C=P(C)(CCCCCCCCCCCCC)N(CCOCCC)CP(C)OCCCCCCCCCCCC. The quantitative estimate of drug-likeness (QED) is 0.0575. The largest absolute Gasteiger partial charge is 0.380 e. The van der Waals surface area contributed by atoms with Gasteiger partial charge >= 0.3 is 0 Å². The number of hydrogen-bond acceptors (Lipinski definition) is 3. The van der Waals surface area contributed by atoms with Crippen molar-refractivity contribution in [1.82, 2.24) is 4.67 Å². The Morgan fingerprint density at radius 1 is 0.564 bits per heavy atom. The highest BCUT2D eigenvalue weighted by atomic mass is 31.2. The number of nitrogens with zero attached hydrogens (tertiary/aromatic N) is 1. The molecule has 0 aliphatic carbocycles. The third-order valence-electron chi connectivity index (χ3n) is 7.94. The van der Waals surface area contributed by atoms with Crippen molar-refractivity contribution in [3.63, 3.8) is 0 Å². The van der Waals surface area contributed by atoms with Crippen LogP contribution in [-0.4, -0.2) is 63.1 Å². The normalized spacial score (nSPS) is 14.2. The predicted molar refractivity (Wildman–Crippen MR) is 185 cm³/mol. The molecule has 0 aliphatic rings. The summed E-state index contributed by atoms with van der Waals surface area (Å²) in [6.45, 7) is 15.2. The van der Waals surface area contributed by atoms with E-state index in [1.54, 1.807) is 0 Å². The maximum absolute atomic E-state index is 6.35. The van der Waals surface area contributed by atoms with E-state index in [1.807, 2.05) is 0 Å². The van der Waals surface area contributed by atoms with E-state index in [0.29, 0.717) is 0 Å². The van der Waals surface area contributed by atoms with E-state index in [4.69, 9.17) is 15.6 Å². The fraction of sp³-hybridized carbons (Fsp3) is 0.971. The van der Waals surface area contributed by atoms with Crippen molar-refractivity contribution in [3.05, 3.63) is 0 Å². The zero-order chi connectivity index (χ0) is 28.9. The Morgan fingerprint density at radius 3 is 1.46 bits per heavy atom. The zero-order valence-electron chi connectivity index (χ0n) is 27.7. The van der Waals surface area contributed by atoms with Gasteiger partial charge in [0.1, 0.15) is 0 Å². The van der Waals surface area contributed by atoms with Crippen molar-refractivity contribution in [2.45, 2.75) is 162 Å². The molecule has 0 rings (SSSR count). The highest BCUT2D eigenvalue weighted by molar-refractivity contribution is 7.71. The predicted octanol–water partition coefficient (Wildman–Crippen LogP) is 11.9. The van der Waals surface area contributed by atoms with Crippen LogP contribution in [-0.2, 0) is 9.26 Å². The third-order valence-corrected chi connectivity index (χ3v) is 12.5. The molecule has 0 amide bonds. The smallest absolute Gasteiger partial charge is 0.0596 e. The van der Waals surface area contributed by atoms with E-state index in [9.17, 15) is 0 Å². The Kier molecular flexibility index (Phi) is 30.6. The van der Waals surface area contributed by atoms with Crippen LogP contribution in [0.25, 0.3) is 0 Å². The molecule has 0 spiro atoms. The Morgan fingerprint density at radius 2 is 1.00 bits per heavy atom. The highest BCUT2D eigenvalue weighted by Crippen LogP contribution is 2.50. The molecule has 2 unspecified atom stereocenters. The van der Waals surface area contributed by atoms with Crippen LogP contribution in [0, 0.1) is 0 Å². The minimum atomic E-state index is -1.36. The van der Waals surface area contributed by atoms with Gasteiger partial charge in [-0.1, -0.05) is 156 Å². The van der Waals surface area contributed by atoms with Gasteiger partial charge in [0.15, 0.2) is 0 Å². The molecule has 3 nitrogen and oxygen atoms in total. The van der Waals surface area contributed by atoms with Crippen LogP contribution >= 0.6 is 15.2 Å². The summed E-state index contributed by atoms with van der Waals surface area (Å²) < 4.78 is 14.9. The highest BCUT2D eigenvalue weighted by Gasteiger charge is 2.21. The first-order valence-electron chi connectivity index (χ1n) is 17.3. The van der Waals surface area contributed by atoms with Crippen molar-refractivity contribution in [3.8, 4) is 0 Å². The maximum Gasteiger partial charge on any atom is 0.0596 e. The van der Waals surface area contributed by atoms with Gasteiger partial charge < -0.3 is 9.26 Å². The second kappa shape index (κ2) is 30.1. The molecule has 0 saturated carbocycles. The molecule has 0 aromatic carbocycles. The molecular formula is C34H73NO2P2. The van der Waals surface area contributed by atoms with E-state index >= 15 is 0 Å². The topological polar surface area (TPSA) is 21.7 Å². The van der Waals surface area contributed by atoms with E-state index in [-0.39, 0.29) is 0 Å². The molecule has 0 fully saturated rings. The molecule has 5 heteroatoms. The molecule has 0 heterocycles. The van der Waals surface area contributed by atoms with Crippen molar-refractivity contribution in [1.29, 1.82) is 0 Å². The Balaban J connectivity index is 4.16. The summed E-state index contributed by atoms with van der Waals surface area (Å²) >= 11 is 0. The summed E-state index contributed by atoms with van der Waals surface area (Å²) in [6, 6.07) is 0. The molecule has 0 aliphatic heterocycles. The summed E-state index contributed by atoms with van der Waals surface area (Å²) in [6.07, 6.45) is 37.5. The summed E-state index contributed by atoms with van der Waals surface area (Å²) in [5.41, 5.74) is 0.